The number of imidazole rings is 1. The minimum atomic E-state index is -3.11. The van der Waals surface area contributed by atoms with Crippen LogP contribution in [-0.2, 0) is 10.0 Å². The Morgan fingerprint density at radius 3 is 2.57 bits per heavy atom. The number of hydrogen-bond donors (Lipinski definition) is 1. The summed E-state index contributed by atoms with van der Waals surface area (Å²) >= 11 is 12.1. The summed E-state index contributed by atoms with van der Waals surface area (Å²) in [5.74, 6) is 1.33. The number of benzene rings is 1. The fraction of sp³-hybridized carbons (Fsp3) is 0.533. The molecule has 1 aliphatic rings. The van der Waals surface area contributed by atoms with Crippen LogP contribution >= 0.6 is 23.2 Å². The Balaban J connectivity index is 1.75. The van der Waals surface area contributed by atoms with Crippen LogP contribution in [0.25, 0.3) is 11.0 Å². The lowest BCUT2D eigenvalue weighted by molar-refractivity contribution is 0.314. The van der Waals surface area contributed by atoms with Crippen LogP contribution in [0.2, 0.25) is 10.0 Å². The maximum Gasteiger partial charge on any atom is 0.214 e. The Labute approximate surface area is 146 Å². The number of nitrogens with zero attached hydrogens (tertiary/aromatic N) is 2. The van der Waals surface area contributed by atoms with Gasteiger partial charge in [0.2, 0.25) is 10.0 Å². The Hall–Kier alpha value is -0.820. The summed E-state index contributed by atoms with van der Waals surface area (Å²) in [5, 5.41) is 0.979. The summed E-state index contributed by atoms with van der Waals surface area (Å²) in [6.45, 7) is 2.98. The second-order valence-corrected chi connectivity index (χ2v) is 8.80. The van der Waals surface area contributed by atoms with E-state index in [2.05, 4.69) is 9.97 Å². The van der Waals surface area contributed by atoms with E-state index >= 15 is 0 Å². The lowest BCUT2D eigenvalue weighted by Gasteiger charge is -2.30. The highest BCUT2D eigenvalue weighted by atomic mass is 35.5. The molecule has 0 atom stereocenters. The fourth-order valence-corrected chi connectivity index (χ4v) is 4.88. The zero-order chi connectivity index (χ0) is 16.6. The Kier molecular flexibility index (Phi) is 4.88. The Morgan fingerprint density at radius 2 is 1.91 bits per heavy atom. The molecule has 0 radical (unpaired) electrons. The molecule has 1 fully saturated rings. The van der Waals surface area contributed by atoms with Crippen LogP contribution in [0.3, 0.4) is 0 Å². The first-order chi connectivity index (χ1) is 10.9. The molecule has 0 aliphatic carbocycles. The fourth-order valence-electron chi connectivity index (χ4n) is 3.01. The molecule has 0 amide bonds. The Bertz CT molecular complexity index is 772. The first-order valence-corrected chi connectivity index (χ1v) is 10.1. The van der Waals surface area contributed by atoms with Crippen LogP contribution in [-0.4, -0.2) is 41.5 Å². The highest BCUT2D eigenvalue weighted by Gasteiger charge is 2.29. The molecule has 2 heterocycles. The third-order valence-electron chi connectivity index (χ3n) is 4.24. The summed E-state index contributed by atoms with van der Waals surface area (Å²) < 4.78 is 25.8. The molecule has 2 aromatic rings. The van der Waals surface area contributed by atoms with E-state index in [0.29, 0.717) is 29.6 Å². The smallest absolute Gasteiger partial charge is 0.214 e. The number of aromatic nitrogens is 2. The average molecular weight is 376 g/mol. The number of H-pyrrole nitrogens is 1. The van der Waals surface area contributed by atoms with Crippen molar-refractivity contribution >= 4 is 44.3 Å². The topological polar surface area (TPSA) is 66.1 Å². The molecule has 0 bridgehead atoms. The number of piperidine rings is 1. The van der Waals surface area contributed by atoms with Crippen LogP contribution in [0.4, 0.5) is 0 Å². The minimum absolute atomic E-state index is 0.222. The number of aromatic amines is 1. The standard InChI is InChI=1S/C15H19Cl2N3O2S/c1-2-7-23(21,22)20-5-3-10(4-6-20)15-18-13-8-11(16)12(17)9-14(13)19-15/h8-10H,2-7H2,1H3,(H,18,19). The summed E-state index contributed by atoms with van der Waals surface area (Å²) in [7, 11) is -3.11. The molecule has 0 spiro atoms. The second kappa shape index (κ2) is 6.59. The van der Waals surface area contributed by atoms with Gasteiger partial charge in [-0.05, 0) is 31.4 Å². The van der Waals surface area contributed by atoms with Crippen LogP contribution < -0.4 is 0 Å². The monoisotopic (exact) mass is 375 g/mol. The van der Waals surface area contributed by atoms with Gasteiger partial charge < -0.3 is 4.98 Å². The van der Waals surface area contributed by atoms with Crippen molar-refractivity contribution in [2.24, 2.45) is 0 Å². The maximum atomic E-state index is 12.1. The SMILES string of the molecule is CCCS(=O)(=O)N1CCC(c2nc3cc(Cl)c(Cl)cc3[nH]2)CC1. The Morgan fingerprint density at radius 1 is 1.26 bits per heavy atom. The van der Waals surface area contributed by atoms with Crippen molar-refractivity contribution < 1.29 is 8.42 Å². The zero-order valence-electron chi connectivity index (χ0n) is 12.8. The van der Waals surface area contributed by atoms with Gasteiger partial charge in [0.15, 0.2) is 0 Å². The molecule has 0 unspecified atom stereocenters. The number of halogens is 2. The third-order valence-corrected chi connectivity index (χ3v) is 7.04. The molecular weight excluding hydrogens is 357 g/mol. The maximum absolute atomic E-state index is 12.1. The van der Waals surface area contributed by atoms with E-state index in [0.717, 1.165) is 29.7 Å². The van der Waals surface area contributed by atoms with E-state index in [-0.39, 0.29) is 11.7 Å². The first-order valence-electron chi connectivity index (χ1n) is 7.73. The van der Waals surface area contributed by atoms with E-state index in [1.54, 1.807) is 16.4 Å². The molecule has 126 valence electrons. The van der Waals surface area contributed by atoms with Crippen LogP contribution in [0.5, 0.6) is 0 Å². The summed E-state index contributed by atoms with van der Waals surface area (Å²) in [4.78, 5) is 7.89. The number of rotatable bonds is 4. The molecule has 1 aromatic carbocycles. The van der Waals surface area contributed by atoms with Gasteiger partial charge in [0.05, 0.1) is 26.8 Å². The molecule has 1 saturated heterocycles. The van der Waals surface area contributed by atoms with Gasteiger partial charge in [-0.25, -0.2) is 17.7 Å². The first kappa shape index (κ1) is 17.0. The van der Waals surface area contributed by atoms with E-state index in [9.17, 15) is 8.42 Å². The largest absolute Gasteiger partial charge is 0.342 e. The lowest BCUT2D eigenvalue weighted by Crippen LogP contribution is -2.39. The highest BCUT2D eigenvalue weighted by molar-refractivity contribution is 7.89. The van der Waals surface area contributed by atoms with Gasteiger partial charge in [-0.15, -0.1) is 0 Å². The molecule has 1 N–H and O–H groups in total. The average Bonchev–Trinajstić information content (AvgIpc) is 2.90. The van der Waals surface area contributed by atoms with Gasteiger partial charge in [0, 0.05) is 19.0 Å². The van der Waals surface area contributed by atoms with Crippen molar-refractivity contribution in [3.8, 4) is 0 Å². The van der Waals surface area contributed by atoms with Gasteiger partial charge in [0.25, 0.3) is 0 Å². The van der Waals surface area contributed by atoms with Gasteiger partial charge in [-0.3, -0.25) is 0 Å². The van der Waals surface area contributed by atoms with Gasteiger partial charge >= 0.3 is 0 Å². The molecular formula is C15H19Cl2N3O2S. The second-order valence-electron chi connectivity index (χ2n) is 5.89. The van der Waals surface area contributed by atoms with Gasteiger partial charge in [0.1, 0.15) is 5.82 Å². The van der Waals surface area contributed by atoms with Crippen LogP contribution in [0.1, 0.15) is 37.9 Å². The number of sulfonamides is 1. The lowest BCUT2D eigenvalue weighted by atomic mass is 9.97. The molecule has 8 heteroatoms. The van der Waals surface area contributed by atoms with E-state index in [1.807, 2.05) is 6.92 Å². The number of hydrogen-bond acceptors (Lipinski definition) is 3. The zero-order valence-corrected chi connectivity index (χ0v) is 15.2. The highest BCUT2D eigenvalue weighted by Crippen LogP contribution is 2.31. The van der Waals surface area contributed by atoms with Crippen molar-refractivity contribution in [1.82, 2.24) is 14.3 Å². The van der Waals surface area contributed by atoms with Crippen molar-refractivity contribution in [2.45, 2.75) is 32.1 Å². The van der Waals surface area contributed by atoms with E-state index < -0.39 is 10.0 Å². The van der Waals surface area contributed by atoms with E-state index in [1.165, 1.54) is 0 Å². The number of fused-ring (bicyclic) bond motifs is 1. The minimum Gasteiger partial charge on any atom is -0.342 e. The normalized spacial score (nSPS) is 17.9. The summed E-state index contributed by atoms with van der Waals surface area (Å²) in [5.41, 5.74) is 1.64. The molecule has 1 aromatic heterocycles. The molecule has 0 saturated carbocycles. The summed E-state index contributed by atoms with van der Waals surface area (Å²) in [6, 6.07) is 3.52. The molecule has 5 nitrogen and oxygen atoms in total. The molecule has 23 heavy (non-hydrogen) atoms. The van der Waals surface area contributed by atoms with Crippen LogP contribution in [0.15, 0.2) is 12.1 Å². The van der Waals surface area contributed by atoms with Crippen LogP contribution in [0, 0.1) is 0 Å². The van der Waals surface area contributed by atoms with Gasteiger partial charge in [-0.2, -0.15) is 0 Å². The van der Waals surface area contributed by atoms with Crippen molar-refractivity contribution in [2.75, 3.05) is 18.8 Å². The number of nitrogens with one attached hydrogen (secondary N) is 1. The predicted molar refractivity (Wildman–Crippen MR) is 93.7 cm³/mol. The van der Waals surface area contributed by atoms with Gasteiger partial charge in [-0.1, -0.05) is 30.1 Å². The summed E-state index contributed by atoms with van der Waals surface area (Å²) in [6.07, 6.45) is 2.18. The molecule has 1 aliphatic heterocycles. The van der Waals surface area contributed by atoms with Crippen molar-refractivity contribution in [3.63, 3.8) is 0 Å². The third kappa shape index (κ3) is 3.50. The van der Waals surface area contributed by atoms with Crippen molar-refractivity contribution in [1.29, 1.82) is 0 Å². The predicted octanol–water partition coefficient (Wildman–Crippen LogP) is 3.79. The van der Waals surface area contributed by atoms with E-state index in [4.69, 9.17) is 23.2 Å². The quantitative estimate of drug-likeness (QED) is 0.883. The van der Waals surface area contributed by atoms with Crippen molar-refractivity contribution in [3.05, 3.63) is 28.0 Å². The molecule has 3 rings (SSSR count).